The molecule has 1 aromatic heterocycles. The quantitative estimate of drug-likeness (QED) is 0.780. The van der Waals surface area contributed by atoms with Gasteiger partial charge in [0.1, 0.15) is 0 Å². The lowest BCUT2D eigenvalue weighted by Gasteiger charge is -2.35. The van der Waals surface area contributed by atoms with Crippen molar-refractivity contribution in [2.45, 2.75) is 39.0 Å². The molecule has 0 N–H and O–H groups in total. The van der Waals surface area contributed by atoms with Gasteiger partial charge in [-0.1, -0.05) is 37.6 Å². The lowest BCUT2D eigenvalue weighted by Crippen LogP contribution is -2.40. The minimum Gasteiger partial charge on any atom is -0.340 e. The zero-order valence-electron chi connectivity index (χ0n) is 15.3. The van der Waals surface area contributed by atoms with Crippen LogP contribution in [-0.4, -0.2) is 28.8 Å². The van der Waals surface area contributed by atoms with E-state index in [-0.39, 0.29) is 11.7 Å². The summed E-state index contributed by atoms with van der Waals surface area (Å²) in [6.45, 7) is 6.52. The smallest absolute Gasteiger partial charge is 0.225 e. The largest absolute Gasteiger partial charge is 0.340 e. The van der Waals surface area contributed by atoms with Gasteiger partial charge in [-0.2, -0.15) is 0 Å². The number of hydrogen-bond donors (Lipinski definition) is 0. The number of rotatable bonds is 2. The first kappa shape index (κ1) is 17.5. The predicted octanol–water partition coefficient (Wildman–Crippen LogP) is 4.53. The molecule has 0 saturated carbocycles. The van der Waals surface area contributed by atoms with Crippen LogP contribution in [0.15, 0.2) is 30.5 Å². The summed E-state index contributed by atoms with van der Waals surface area (Å²) in [6, 6.07) is 7.81. The number of carbonyl (C=O) groups excluding carboxylic acids is 1. The molecule has 1 aliphatic heterocycles. The Hall–Kier alpha value is -1.94. The van der Waals surface area contributed by atoms with Gasteiger partial charge in [0.2, 0.25) is 5.95 Å². The number of ketones is 1. The Labute approximate surface area is 159 Å². The lowest BCUT2D eigenvalue weighted by molar-refractivity contribution is 0.0962. The molecule has 1 aliphatic carbocycles. The van der Waals surface area contributed by atoms with Crippen LogP contribution >= 0.6 is 11.6 Å². The number of aromatic nitrogens is 2. The van der Waals surface area contributed by atoms with Gasteiger partial charge in [0.05, 0.1) is 11.3 Å². The molecule has 2 heterocycles. The van der Waals surface area contributed by atoms with E-state index >= 15 is 0 Å². The van der Waals surface area contributed by atoms with E-state index < -0.39 is 0 Å². The van der Waals surface area contributed by atoms with Crippen molar-refractivity contribution in [2.75, 3.05) is 18.0 Å². The number of benzene rings is 1. The Morgan fingerprint density at radius 1 is 1.15 bits per heavy atom. The van der Waals surface area contributed by atoms with E-state index in [1.165, 1.54) is 6.42 Å². The van der Waals surface area contributed by atoms with Crippen LogP contribution in [0.2, 0.25) is 5.02 Å². The molecule has 5 heteroatoms. The SMILES string of the molecule is C[C@@H]1C[C@@H](C)CN(c2ncc3c(n2)C[C@@H](c2cccc(Cl)c2)CC3=O)C1. The molecule has 0 amide bonds. The first-order valence-corrected chi connectivity index (χ1v) is 9.77. The van der Waals surface area contributed by atoms with Gasteiger partial charge >= 0.3 is 0 Å². The molecule has 0 unspecified atom stereocenters. The van der Waals surface area contributed by atoms with Gasteiger partial charge in [0, 0.05) is 30.7 Å². The maximum atomic E-state index is 12.6. The van der Waals surface area contributed by atoms with Crippen LogP contribution in [0.4, 0.5) is 5.95 Å². The van der Waals surface area contributed by atoms with E-state index in [4.69, 9.17) is 16.6 Å². The molecule has 1 aromatic carbocycles. The van der Waals surface area contributed by atoms with E-state index in [1.807, 2.05) is 24.3 Å². The molecular weight excluding hydrogens is 346 g/mol. The molecular formula is C21H24ClN3O. The van der Waals surface area contributed by atoms with Gasteiger partial charge in [-0.05, 0) is 48.3 Å². The van der Waals surface area contributed by atoms with Crippen LogP contribution in [0.5, 0.6) is 0 Å². The molecule has 1 fully saturated rings. The van der Waals surface area contributed by atoms with Crippen LogP contribution < -0.4 is 4.90 Å². The van der Waals surface area contributed by atoms with Crippen LogP contribution in [0.1, 0.15) is 54.2 Å². The molecule has 1 saturated heterocycles. The van der Waals surface area contributed by atoms with Crippen molar-refractivity contribution in [2.24, 2.45) is 11.8 Å². The van der Waals surface area contributed by atoms with Crippen LogP contribution in [0, 0.1) is 11.8 Å². The number of hydrogen-bond acceptors (Lipinski definition) is 4. The number of Topliss-reactive ketones (excluding diaryl/α,β-unsaturated/α-hetero) is 1. The molecule has 2 aliphatic rings. The Balaban J connectivity index is 1.63. The van der Waals surface area contributed by atoms with Gasteiger partial charge in [-0.3, -0.25) is 4.79 Å². The number of nitrogens with zero attached hydrogens (tertiary/aromatic N) is 3. The van der Waals surface area contributed by atoms with Crippen molar-refractivity contribution in [3.8, 4) is 0 Å². The predicted molar refractivity (Wildman–Crippen MR) is 104 cm³/mol. The maximum absolute atomic E-state index is 12.6. The van der Waals surface area contributed by atoms with Crippen molar-refractivity contribution in [1.82, 2.24) is 9.97 Å². The zero-order valence-corrected chi connectivity index (χ0v) is 16.0. The molecule has 3 atom stereocenters. The van der Waals surface area contributed by atoms with Crippen LogP contribution in [-0.2, 0) is 6.42 Å². The summed E-state index contributed by atoms with van der Waals surface area (Å²) in [4.78, 5) is 24.2. The molecule has 0 spiro atoms. The highest BCUT2D eigenvalue weighted by atomic mass is 35.5. The number of piperidine rings is 1. The first-order valence-electron chi connectivity index (χ1n) is 9.39. The summed E-state index contributed by atoms with van der Waals surface area (Å²) in [6.07, 6.45) is 4.23. The van der Waals surface area contributed by atoms with Crippen molar-refractivity contribution in [3.63, 3.8) is 0 Å². The molecule has 26 heavy (non-hydrogen) atoms. The van der Waals surface area contributed by atoms with Crippen molar-refractivity contribution in [3.05, 3.63) is 52.3 Å². The van der Waals surface area contributed by atoms with E-state index in [0.717, 1.165) is 36.7 Å². The second-order valence-electron chi connectivity index (χ2n) is 7.96. The van der Waals surface area contributed by atoms with Gasteiger partial charge in [-0.15, -0.1) is 0 Å². The Bertz CT molecular complexity index is 828. The fourth-order valence-electron chi connectivity index (χ4n) is 4.41. The highest BCUT2D eigenvalue weighted by molar-refractivity contribution is 6.30. The zero-order chi connectivity index (χ0) is 18.3. The fraction of sp³-hybridized carbons (Fsp3) is 0.476. The summed E-state index contributed by atoms with van der Waals surface area (Å²) in [5, 5.41) is 0.709. The molecule has 4 nitrogen and oxygen atoms in total. The van der Waals surface area contributed by atoms with Crippen molar-refractivity contribution < 1.29 is 4.79 Å². The minimum absolute atomic E-state index is 0.128. The van der Waals surface area contributed by atoms with Gasteiger partial charge < -0.3 is 4.90 Å². The fourth-order valence-corrected chi connectivity index (χ4v) is 4.61. The third-order valence-corrected chi connectivity index (χ3v) is 5.73. The molecule has 136 valence electrons. The monoisotopic (exact) mass is 369 g/mol. The van der Waals surface area contributed by atoms with E-state index in [0.29, 0.717) is 28.8 Å². The summed E-state index contributed by atoms with van der Waals surface area (Å²) < 4.78 is 0. The Morgan fingerprint density at radius 2 is 1.92 bits per heavy atom. The average molecular weight is 370 g/mol. The molecule has 0 bridgehead atoms. The summed E-state index contributed by atoms with van der Waals surface area (Å²) >= 11 is 6.14. The minimum atomic E-state index is 0.128. The lowest BCUT2D eigenvalue weighted by atomic mass is 9.82. The van der Waals surface area contributed by atoms with Gasteiger partial charge in [-0.25, -0.2) is 9.97 Å². The van der Waals surface area contributed by atoms with Gasteiger partial charge in [0.15, 0.2) is 5.78 Å². The van der Waals surface area contributed by atoms with E-state index in [9.17, 15) is 4.79 Å². The summed E-state index contributed by atoms with van der Waals surface area (Å²) in [7, 11) is 0. The third-order valence-electron chi connectivity index (χ3n) is 5.50. The normalized spacial score (nSPS) is 25.9. The number of halogens is 1. The van der Waals surface area contributed by atoms with E-state index in [1.54, 1.807) is 6.20 Å². The Kier molecular flexibility index (Phi) is 4.70. The number of carbonyl (C=O) groups is 1. The highest BCUT2D eigenvalue weighted by Gasteiger charge is 2.30. The summed E-state index contributed by atoms with van der Waals surface area (Å²) in [5.41, 5.74) is 2.67. The van der Waals surface area contributed by atoms with E-state index in [2.05, 4.69) is 23.7 Å². The standard InChI is InChI=1S/C21H24ClN3O/c1-13-6-14(2)12-25(11-13)21-23-10-18-19(24-21)8-16(9-20(18)26)15-4-3-5-17(22)7-15/h3-5,7,10,13-14,16H,6,8-9,11-12H2,1-2H3/t13-,14-,16-/m1/s1. The number of fused-ring (bicyclic) bond motifs is 1. The molecule has 0 radical (unpaired) electrons. The second kappa shape index (κ2) is 6.99. The third kappa shape index (κ3) is 3.48. The molecule has 2 aromatic rings. The maximum Gasteiger partial charge on any atom is 0.225 e. The first-order chi connectivity index (χ1) is 12.5. The van der Waals surface area contributed by atoms with Gasteiger partial charge in [0.25, 0.3) is 0 Å². The Morgan fingerprint density at radius 3 is 2.65 bits per heavy atom. The van der Waals surface area contributed by atoms with Crippen molar-refractivity contribution in [1.29, 1.82) is 0 Å². The van der Waals surface area contributed by atoms with Crippen molar-refractivity contribution >= 4 is 23.3 Å². The average Bonchev–Trinajstić information content (AvgIpc) is 2.60. The van der Waals surface area contributed by atoms with Crippen LogP contribution in [0.25, 0.3) is 0 Å². The highest BCUT2D eigenvalue weighted by Crippen LogP contribution is 2.34. The topological polar surface area (TPSA) is 46.1 Å². The number of anilines is 1. The molecule has 4 rings (SSSR count). The summed E-state index contributed by atoms with van der Waals surface area (Å²) in [5.74, 6) is 2.30. The second-order valence-corrected chi connectivity index (χ2v) is 8.40. The van der Waals surface area contributed by atoms with Crippen LogP contribution in [0.3, 0.4) is 0 Å².